The number of nitrogens with zero attached hydrogens (tertiary/aromatic N) is 1. The number of aliphatic hydroxyl groups excluding tert-OH is 1. The summed E-state index contributed by atoms with van der Waals surface area (Å²) in [5.74, 6) is 0.276. The zero-order valence-corrected chi connectivity index (χ0v) is 14.8. The molecular weight excluding hydrogens is 304 g/mol. The first-order valence-corrected chi connectivity index (χ1v) is 8.69. The third kappa shape index (κ3) is 3.73. The van der Waals surface area contributed by atoms with E-state index in [4.69, 9.17) is 4.74 Å². The molecule has 5 nitrogen and oxygen atoms in total. The predicted octanol–water partition coefficient (Wildman–Crippen LogP) is 2.39. The molecule has 1 saturated carbocycles. The lowest BCUT2D eigenvalue weighted by Gasteiger charge is -2.24. The van der Waals surface area contributed by atoms with Gasteiger partial charge in [0, 0.05) is 31.7 Å². The van der Waals surface area contributed by atoms with Crippen LogP contribution in [0.15, 0.2) is 30.3 Å². The van der Waals surface area contributed by atoms with Crippen LogP contribution in [-0.4, -0.2) is 47.4 Å². The minimum absolute atomic E-state index is 0.000431. The smallest absolute Gasteiger partial charge is 0.407 e. The van der Waals surface area contributed by atoms with E-state index in [0.717, 1.165) is 26.1 Å². The van der Waals surface area contributed by atoms with Crippen molar-refractivity contribution < 1.29 is 14.6 Å². The highest BCUT2D eigenvalue weighted by atomic mass is 16.6. The summed E-state index contributed by atoms with van der Waals surface area (Å²) < 4.78 is 5.41. The Bertz CT molecular complexity index is 584. The first kappa shape index (κ1) is 17.2. The van der Waals surface area contributed by atoms with E-state index in [1.165, 1.54) is 5.56 Å². The number of aliphatic hydroxyl groups is 1. The number of amides is 1. The van der Waals surface area contributed by atoms with Gasteiger partial charge in [-0.25, -0.2) is 4.79 Å². The highest BCUT2D eigenvalue weighted by Crippen LogP contribution is 2.58. The van der Waals surface area contributed by atoms with Crippen LogP contribution >= 0.6 is 0 Å². The lowest BCUT2D eigenvalue weighted by Crippen LogP contribution is -2.44. The Morgan fingerprint density at radius 2 is 2.08 bits per heavy atom. The van der Waals surface area contributed by atoms with E-state index in [-0.39, 0.29) is 30.1 Å². The highest BCUT2D eigenvalue weighted by molar-refractivity contribution is 5.68. The highest BCUT2D eigenvalue weighted by Gasteiger charge is 2.63. The molecule has 2 unspecified atom stereocenters. The quantitative estimate of drug-likeness (QED) is 0.889. The summed E-state index contributed by atoms with van der Waals surface area (Å²) in [6.07, 6.45) is 0.604. The van der Waals surface area contributed by atoms with Crippen molar-refractivity contribution in [2.75, 3.05) is 19.7 Å². The fraction of sp³-hybridized carbons (Fsp3) is 0.632. The van der Waals surface area contributed by atoms with Gasteiger partial charge in [0.15, 0.2) is 0 Å². The first-order chi connectivity index (χ1) is 11.3. The Kier molecular flexibility index (Phi) is 4.58. The molecule has 2 fully saturated rings. The summed E-state index contributed by atoms with van der Waals surface area (Å²) >= 11 is 0. The van der Waals surface area contributed by atoms with Crippen molar-refractivity contribution in [3.63, 3.8) is 0 Å². The SMILES string of the molecule is CC(C)(C)OC(=O)N[C@H]1CN(Cc2ccccc2)CC12CC2CO. The van der Waals surface area contributed by atoms with Crippen LogP contribution in [0.25, 0.3) is 0 Å². The van der Waals surface area contributed by atoms with Gasteiger partial charge < -0.3 is 15.2 Å². The number of hydrogen-bond acceptors (Lipinski definition) is 4. The maximum atomic E-state index is 12.2. The molecule has 1 amide bonds. The van der Waals surface area contributed by atoms with Gasteiger partial charge in [-0.05, 0) is 38.7 Å². The monoisotopic (exact) mass is 332 g/mol. The Morgan fingerprint density at radius 3 is 2.67 bits per heavy atom. The lowest BCUT2D eigenvalue weighted by molar-refractivity contribution is 0.0487. The fourth-order valence-electron chi connectivity index (χ4n) is 3.90. The molecule has 3 rings (SSSR count). The summed E-state index contributed by atoms with van der Waals surface area (Å²) in [6.45, 7) is 8.36. The molecule has 3 atom stereocenters. The zero-order valence-electron chi connectivity index (χ0n) is 14.8. The van der Waals surface area contributed by atoms with Crippen molar-refractivity contribution in [2.45, 2.75) is 45.4 Å². The third-order valence-electron chi connectivity index (χ3n) is 5.09. The maximum Gasteiger partial charge on any atom is 0.407 e. The molecule has 24 heavy (non-hydrogen) atoms. The van der Waals surface area contributed by atoms with Crippen LogP contribution in [-0.2, 0) is 11.3 Å². The van der Waals surface area contributed by atoms with Gasteiger partial charge in [0.2, 0.25) is 0 Å². The van der Waals surface area contributed by atoms with Gasteiger partial charge in [-0.2, -0.15) is 0 Å². The molecule has 132 valence electrons. The standard InChI is InChI=1S/C19H28N2O3/c1-18(2,3)24-17(23)20-16-11-21(10-14-7-5-4-6-8-14)13-19(16)9-15(19)12-22/h4-8,15-16,22H,9-13H2,1-3H3,(H,20,23)/t15?,16-,19?/m0/s1. The van der Waals surface area contributed by atoms with E-state index < -0.39 is 5.60 Å². The molecule has 0 radical (unpaired) electrons. The van der Waals surface area contributed by atoms with Gasteiger partial charge in [0.1, 0.15) is 5.60 Å². The molecule has 1 aliphatic carbocycles. The molecule has 1 spiro atoms. The molecule has 2 N–H and O–H groups in total. The molecule has 1 saturated heterocycles. The molecule has 2 aliphatic rings. The van der Waals surface area contributed by atoms with Gasteiger partial charge in [0.05, 0.1) is 6.04 Å². The first-order valence-electron chi connectivity index (χ1n) is 8.69. The fourth-order valence-corrected chi connectivity index (χ4v) is 3.90. The molecular formula is C19H28N2O3. The topological polar surface area (TPSA) is 61.8 Å². The van der Waals surface area contributed by atoms with Crippen LogP contribution in [0.1, 0.15) is 32.8 Å². The molecule has 0 bridgehead atoms. The number of ether oxygens (including phenoxy) is 1. The summed E-state index contributed by atoms with van der Waals surface area (Å²) in [7, 11) is 0. The Hall–Kier alpha value is -1.59. The Labute approximate surface area is 144 Å². The Morgan fingerprint density at radius 1 is 1.38 bits per heavy atom. The van der Waals surface area contributed by atoms with Gasteiger partial charge in [-0.15, -0.1) is 0 Å². The number of likely N-dealkylation sites (tertiary alicyclic amines) is 1. The van der Waals surface area contributed by atoms with Crippen LogP contribution in [0.2, 0.25) is 0 Å². The molecule has 1 aromatic carbocycles. The van der Waals surface area contributed by atoms with E-state index in [1.807, 2.05) is 39.0 Å². The van der Waals surface area contributed by atoms with Crippen LogP contribution in [0, 0.1) is 11.3 Å². The van der Waals surface area contributed by atoms with Crippen molar-refractivity contribution in [1.82, 2.24) is 10.2 Å². The second-order valence-corrected chi connectivity index (χ2v) is 8.17. The molecule has 0 aromatic heterocycles. The zero-order chi connectivity index (χ0) is 17.4. The normalized spacial score (nSPS) is 29.7. The second kappa shape index (κ2) is 6.37. The van der Waals surface area contributed by atoms with Crippen molar-refractivity contribution >= 4 is 6.09 Å². The second-order valence-electron chi connectivity index (χ2n) is 8.17. The number of hydrogen-bond donors (Lipinski definition) is 2. The van der Waals surface area contributed by atoms with E-state index >= 15 is 0 Å². The maximum absolute atomic E-state index is 12.2. The van der Waals surface area contributed by atoms with Gasteiger partial charge in [-0.3, -0.25) is 4.90 Å². The predicted molar refractivity (Wildman–Crippen MR) is 92.5 cm³/mol. The van der Waals surface area contributed by atoms with E-state index in [2.05, 4.69) is 22.3 Å². The van der Waals surface area contributed by atoms with Gasteiger partial charge >= 0.3 is 6.09 Å². The van der Waals surface area contributed by atoms with Crippen LogP contribution in [0.4, 0.5) is 4.79 Å². The molecule has 1 heterocycles. The van der Waals surface area contributed by atoms with Crippen molar-refractivity contribution in [3.8, 4) is 0 Å². The van der Waals surface area contributed by atoms with Crippen LogP contribution in [0.3, 0.4) is 0 Å². The average Bonchev–Trinajstić information content (AvgIpc) is 3.10. The van der Waals surface area contributed by atoms with Gasteiger partial charge in [-0.1, -0.05) is 30.3 Å². The lowest BCUT2D eigenvalue weighted by atomic mass is 9.97. The summed E-state index contributed by atoms with van der Waals surface area (Å²) in [4.78, 5) is 14.5. The molecule has 1 aromatic rings. The van der Waals surface area contributed by atoms with Crippen LogP contribution in [0.5, 0.6) is 0 Å². The minimum Gasteiger partial charge on any atom is -0.444 e. The van der Waals surface area contributed by atoms with Crippen molar-refractivity contribution in [1.29, 1.82) is 0 Å². The summed E-state index contributed by atoms with van der Waals surface area (Å²) in [5.41, 5.74) is 0.770. The summed E-state index contributed by atoms with van der Waals surface area (Å²) in [6, 6.07) is 10.4. The van der Waals surface area contributed by atoms with E-state index in [0.29, 0.717) is 0 Å². The number of rotatable bonds is 4. The molecule has 1 aliphatic heterocycles. The number of alkyl carbamates (subject to hydrolysis) is 1. The van der Waals surface area contributed by atoms with Gasteiger partial charge in [0.25, 0.3) is 0 Å². The number of nitrogens with one attached hydrogen (secondary N) is 1. The third-order valence-corrected chi connectivity index (χ3v) is 5.09. The number of carbonyl (C=O) groups excluding carboxylic acids is 1. The van der Waals surface area contributed by atoms with Crippen LogP contribution < -0.4 is 5.32 Å². The van der Waals surface area contributed by atoms with Crippen molar-refractivity contribution in [3.05, 3.63) is 35.9 Å². The van der Waals surface area contributed by atoms with E-state index in [9.17, 15) is 9.90 Å². The number of carbonyl (C=O) groups is 1. The summed E-state index contributed by atoms with van der Waals surface area (Å²) in [5, 5.41) is 12.6. The molecule has 5 heteroatoms. The van der Waals surface area contributed by atoms with Crippen molar-refractivity contribution in [2.24, 2.45) is 11.3 Å². The average molecular weight is 332 g/mol. The van der Waals surface area contributed by atoms with E-state index in [1.54, 1.807) is 0 Å². The Balaban J connectivity index is 1.65. The minimum atomic E-state index is -0.500. The number of benzene rings is 1. The largest absolute Gasteiger partial charge is 0.444 e.